The van der Waals surface area contributed by atoms with Gasteiger partial charge in [0.15, 0.2) is 0 Å². The number of thioether (sulfide) groups is 1. The molecule has 0 spiro atoms. The fourth-order valence-corrected chi connectivity index (χ4v) is 3.93. The van der Waals surface area contributed by atoms with E-state index >= 15 is 0 Å². The van der Waals surface area contributed by atoms with Crippen LogP contribution in [0.1, 0.15) is 33.1 Å². The SMILES string of the molecule is CCC1(CC)C(OC)CC1N(C)C(=O)CSCC(=O)O. The molecule has 1 fully saturated rings. The van der Waals surface area contributed by atoms with E-state index in [1.165, 1.54) is 0 Å². The van der Waals surface area contributed by atoms with Crippen molar-refractivity contribution in [1.29, 1.82) is 0 Å². The second-order valence-electron chi connectivity index (χ2n) is 5.31. The Bertz CT molecular complexity index is 357. The molecule has 116 valence electrons. The number of rotatable bonds is 8. The summed E-state index contributed by atoms with van der Waals surface area (Å²) in [5.74, 6) is -0.690. The second kappa shape index (κ2) is 7.31. The summed E-state index contributed by atoms with van der Waals surface area (Å²) >= 11 is 1.15. The van der Waals surface area contributed by atoms with Crippen LogP contribution in [0.2, 0.25) is 0 Å². The molecular formula is C14H25NO4S. The van der Waals surface area contributed by atoms with Crippen molar-refractivity contribution in [3.05, 3.63) is 0 Å². The molecule has 1 aliphatic carbocycles. The van der Waals surface area contributed by atoms with Crippen LogP contribution in [-0.4, -0.2) is 59.7 Å². The predicted molar refractivity (Wildman–Crippen MR) is 79.9 cm³/mol. The lowest BCUT2D eigenvalue weighted by Crippen LogP contribution is -2.64. The summed E-state index contributed by atoms with van der Waals surface area (Å²) < 4.78 is 5.54. The van der Waals surface area contributed by atoms with E-state index in [0.29, 0.717) is 0 Å². The van der Waals surface area contributed by atoms with E-state index in [1.54, 1.807) is 12.0 Å². The van der Waals surface area contributed by atoms with E-state index in [1.807, 2.05) is 7.05 Å². The number of ether oxygens (including phenoxy) is 1. The fourth-order valence-electron chi connectivity index (χ4n) is 3.28. The molecule has 0 aliphatic heterocycles. The maximum Gasteiger partial charge on any atom is 0.313 e. The van der Waals surface area contributed by atoms with Crippen molar-refractivity contribution in [2.45, 2.75) is 45.3 Å². The summed E-state index contributed by atoms with van der Waals surface area (Å²) in [5, 5.41) is 8.60. The number of methoxy groups -OCH3 is 1. The Morgan fingerprint density at radius 2 is 1.95 bits per heavy atom. The van der Waals surface area contributed by atoms with Crippen LogP contribution in [-0.2, 0) is 14.3 Å². The average Bonchev–Trinajstić information content (AvgIpc) is 2.39. The highest BCUT2D eigenvalue weighted by atomic mass is 32.2. The predicted octanol–water partition coefficient (Wildman–Crippen LogP) is 1.86. The van der Waals surface area contributed by atoms with Crippen LogP contribution < -0.4 is 0 Å². The van der Waals surface area contributed by atoms with E-state index < -0.39 is 5.97 Å². The van der Waals surface area contributed by atoms with Crippen molar-refractivity contribution in [2.75, 3.05) is 25.7 Å². The molecule has 0 bridgehead atoms. The smallest absolute Gasteiger partial charge is 0.313 e. The van der Waals surface area contributed by atoms with Gasteiger partial charge in [-0.25, -0.2) is 0 Å². The Labute approximate surface area is 125 Å². The number of carboxylic acid groups (broad SMARTS) is 1. The Hall–Kier alpha value is -0.750. The third-order valence-corrected chi connectivity index (χ3v) is 5.56. The molecule has 1 saturated carbocycles. The second-order valence-corrected chi connectivity index (χ2v) is 6.29. The highest BCUT2D eigenvalue weighted by Gasteiger charge is 2.55. The van der Waals surface area contributed by atoms with E-state index in [2.05, 4.69) is 13.8 Å². The monoisotopic (exact) mass is 303 g/mol. The Kier molecular flexibility index (Phi) is 6.33. The lowest BCUT2D eigenvalue weighted by Gasteiger charge is -2.57. The molecule has 2 unspecified atom stereocenters. The Morgan fingerprint density at radius 3 is 2.40 bits per heavy atom. The van der Waals surface area contributed by atoms with Gasteiger partial charge in [-0.05, 0) is 19.3 Å². The van der Waals surface area contributed by atoms with Crippen LogP contribution in [0.4, 0.5) is 0 Å². The molecule has 6 heteroatoms. The summed E-state index contributed by atoms with van der Waals surface area (Å²) in [4.78, 5) is 24.4. The van der Waals surface area contributed by atoms with Crippen LogP contribution in [0.25, 0.3) is 0 Å². The van der Waals surface area contributed by atoms with Crippen molar-refractivity contribution in [3.8, 4) is 0 Å². The highest BCUT2D eigenvalue weighted by molar-refractivity contribution is 8.00. The molecule has 0 radical (unpaired) electrons. The zero-order valence-corrected chi connectivity index (χ0v) is 13.5. The lowest BCUT2D eigenvalue weighted by molar-refractivity contribution is -0.168. The van der Waals surface area contributed by atoms with Gasteiger partial charge in [0.25, 0.3) is 0 Å². The maximum absolute atomic E-state index is 12.1. The van der Waals surface area contributed by atoms with Gasteiger partial charge in [-0.15, -0.1) is 11.8 Å². The Morgan fingerprint density at radius 1 is 1.35 bits per heavy atom. The summed E-state index contributed by atoms with van der Waals surface area (Å²) in [7, 11) is 3.55. The van der Waals surface area contributed by atoms with Gasteiger partial charge in [0, 0.05) is 25.6 Å². The van der Waals surface area contributed by atoms with Crippen molar-refractivity contribution in [1.82, 2.24) is 4.90 Å². The summed E-state index contributed by atoms with van der Waals surface area (Å²) in [6.45, 7) is 4.28. The van der Waals surface area contributed by atoms with Crippen LogP contribution in [0.5, 0.6) is 0 Å². The molecule has 0 aromatic rings. The van der Waals surface area contributed by atoms with Gasteiger partial charge in [0.1, 0.15) is 0 Å². The van der Waals surface area contributed by atoms with Gasteiger partial charge in [-0.2, -0.15) is 0 Å². The van der Waals surface area contributed by atoms with Crippen LogP contribution in [0.15, 0.2) is 0 Å². The maximum atomic E-state index is 12.1. The zero-order valence-electron chi connectivity index (χ0n) is 12.7. The molecule has 0 heterocycles. The minimum absolute atomic E-state index is 0.00192. The van der Waals surface area contributed by atoms with Crippen molar-refractivity contribution < 1.29 is 19.4 Å². The van der Waals surface area contributed by atoms with Gasteiger partial charge < -0.3 is 14.7 Å². The highest BCUT2D eigenvalue weighted by Crippen LogP contribution is 2.50. The standard InChI is InChI=1S/C14H25NO4S/c1-5-14(6-2)10(7-11(14)19-4)15(3)12(16)8-20-9-13(17)18/h10-11H,5-9H2,1-4H3,(H,17,18). The van der Waals surface area contributed by atoms with Gasteiger partial charge in [-0.1, -0.05) is 13.8 Å². The first-order chi connectivity index (χ1) is 9.42. The molecule has 1 N–H and O–H groups in total. The molecule has 1 amide bonds. The summed E-state index contributed by atoms with van der Waals surface area (Å²) in [5.41, 5.74) is 0.0383. The van der Waals surface area contributed by atoms with Crippen molar-refractivity contribution in [2.24, 2.45) is 5.41 Å². The minimum Gasteiger partial charge on any atom is -0.481 e. The molecule has 0 aromatic carbocycles. The molecule has 2 atom stereocenters. The first-order valence-corrected chi connectivity index (χ1v) is 8.16. The Balaban J connectivity index is 2.60. The van der Waals surface area contributed by atoms with E-state index in [9.17, 15) is 9.59 Å². The van der Waals surface area contributed by atoms with Crippen molar-refractivity contribution in [3.63, 3.8) is 0 Å². The number of hydrogen-bond acceptors (Lipinski definition) is 4. The lowest BCUT2D eigenvalue weighted by atomic mass is 9.58. The number of amides is 1. The first-order valence-electron chi connectivity index (χ1n) is 7.00. The number of nitrogens with zero attached hydrogens (tertiary/aromatic N) is 1. The van der Waals surface area contributed by atoms with E-state index in [4.69, 9.17) is 9.84 Å². The quantitative estimate of drug-likeness (QED) is 0.741. The first kappa shape index (κ1) is 17.3. The third kappa shape index (κ3) is 3.28. The van der Waals surface area contributed by atoms with Crippen LogP contribution >= 0.6 is 11.8 Å². The van der Waals surface area contributed by atoms with Gasteiger partial charge in [0.2, 0.25) is 5.91 Å². The van der Waals surface area contributed by atoms with Gasteiger partial charge in [-0.3, -0.25) is 9.59 Å². The fraction of sp³-hybridized carbons (Fsp3) is 0.857. The van der Waals surface area contributed by atoms with E-state index in [0.717, 1.165) is 31.0 Å². The normalized spacial score (nSPS) is 24.0. The van der Waals surface area contributed by atoms with Crippen molar-refractivity contribution >= 4 is 23.6 Å². The summed E-state index contributed by atoms with van der Waals surface area (Å²) in [6, 6.07) is 0.195. The largest absolute Gasteiger partial charge is 0.481 e. The number of carboxylic acids is 1. The number of aliphatic carboxylic acids is 1. The van der Waals surface area contributed by atoms with Crippen LogP contribution in [0.3, 0.4) is 0 Å². The average molecular weight is 303 g/mol. The van der Waals surface area contributed by atoms with Crippen LogP contribution in [0, 0.1) is 5.41 Å². The molecule has 0 aromatic heterocycles. The minimum atomic E-state index is -0.884. The zero-order chi connectivity index (χ0) is 15.3. The molecule has 5 nitrogen and oxygen atoms in total. The third-order valence-electron chi connectivity index (χ3n) is 4.66. The van der Waals surface area contributed by atoms with Gasteiger partial charge in [0.05, 0.1) is 17.6 Å². The van der Waals surface area contributed by atoms with Gasteiger partial charge >= 0.3 is 5.97 Å². The summed E-state index contributed by atoms with van der Waals surface area (Å²) in [6.07, 6.45) is 3.03. The molecular weight excluding hydrogens is 278 g/mol. The molecule has 1 rings (SSSR count). The number of hydrogen-bond donors (Lipinski definition) is 1. The molecule has 1 aliphatic rings. The number of carbonyl (C=O) groups is 2. The molecule has 20 heavy (non-hydrogen) atoms. The van der Waals surface area contributed by atoms with E-state index in [-0.39, 0.29) is 35.0 Å². The number of carbonyl (C=O) groups excluding carboxylic acids is 1. The molecule has 0 saturated heterocycles. The topological polar surface area (TPSA) is 66.8 Å².